The van der Waals surface area contributed by atoms with Crippen LogP contribution in [-0.4, -0.2) is 25.2 Å². The van der Waals surface area contributed by atoms with Crippen molar-refractivity contribution in [3.05, 3.63) is 35.9 Å². The van der Waals surface area contributed by atoms with Crippen molar-refractivity contribution in [3.63, 3.8) is 0 Å². The van der Waals surface area contributed by atoms with Gasteiger partial charge in [-0.05, 0) is 12.0 Å². The minimum Gasteiger partial charge on any atom is -0.370 e. The third kappa shape index (κ3) is 9.57. The fourth-order valence-corrected chi connectivity index (χ4v) is 1.34. The van der Waals surface area contributed by atoms with E-state index in [1.165, 1.54) is 0 Å². The van der Waals surface area contributed by atoms with Crippen LogP contribution in [0.2, 0.25) is 0 Å². The zero-order valence-corrected chi connectivity index (χ0v) is 12.6. The van der Waals surface area contributed by atoms with E-state index in [4.69, 9.17) is 5.73 Å². The van der Waals surface area contributed by atoms with Crippen molar-refractivity contribution in [2.24, 2.45) is 10.7 Å². The second-order valence-corrected chi connectivity index (χ2v) is 3.79. The topological polar surface area (TPSA) is 50.4 Å². The van der Waals surface area contributed by atoms with E-state index in [0.717, 1.165) is 12.0 Å². The molecule has 3 nitrogen and oxygen atoms in total. The van der Waals surface area contributed by atoms with E-state index in [0.29, 0.717) is 6.54 Å². The van der Waals surface area contributed by atoms with Crippen molar-refractivity contribution < 1.29 is 13.2 Å². The van der Waals surface area contributed by atoms with Crippen molar-refractivity contribution in [2.75, 3.05) is 13.1 Å². The Labute approximate surface area is 127 Å². The molecule has 0 heterocycles. The Bertz CT molecular complexity index is 380. The van der Waals surface area contributed by atoms with Crippen molar-refractivity contribution in [1.82, 2.24) is 5.32 Å². The first kappa shape index (κ1) is 18.0. The number of nitrogens with two attached hydrogens (primary N) is 1. The van der Waals surface area contributed by atoms with Gasteiger partial charge in [0.15, 0.2) is 5.96 Å². The number of halogens is 4. The van der Waals surface area contributed by atoms with Crippen LogP contribution < -0.4 is 11.1 Å². The van der Waals surface area contributed by atoms with Crippen LogP contribution in [0.4, 0.5) is 13.2 Å². The van der Waals surface area contributed by atoms with Crippen LogP contribution in [0.3, 0.4) is 0 Å². The van der Waals surface area contributed by atoms with Crippen molar-refractivity contribution in [1.29, 1.82) is 0 Å². The average Bonchev–Trinajstić information content (AvgIpc) is 2.28. The van der Waals surface area contributed by atoms with Gasteiger partial charge in [0, 0.05) is 6.54 Å². The van der Waals surface area contributed by atoms with Gasteiger partial charge in [-0.2, -0.15) is 13.2 Å². The van der Waals surface area contributed by atoms with Crippen molar-refractivity contribution in [2.45, 2.75) is 19.0 Å². The molecule has 7 heteroatoms. The minimum absolute atomic E-state index is 0. The van der Waals surface area contributed by atoms with Gasteiger partial charge >= 0.3 is 6.18 Å². The van der Waals surface area contributed by atoms with E-state index < -0.39 is 12.6 Å². The summed E-state index contributed by atoms with van der Waals surface area (Å²) in [5.74, 6) is 0.0511. The van der Waals surface area contributed by atoms with Crippen LogP contribution in [0.1, 0.15) is 12.0 Å². The molecule has 0 aromatic heterocycles. The standard InChI is InChI=1S/C12H16F3N3.HI/c13-12(14,15)7-9-18-11(16)17-8-6-10-4-2-1-3-5-10;/h1-5H,6-9H2,(H3,16,17,18);1H. The van der Waals surface area contributed by atoms with Gasteiger partial charge in [-0.3, -0.25) is 4.99 Å². The summed E-state index contributed by atoms with van der Waals surface area (Å²) in [5, 5.41) is 2.78. The molecule has 0 atom stereocenters. The molecule has 1 rings (SSSR count). The van der Waals surface area contributed by atoms with Gasteiger partial charge in [-0.25, -0.2) is 0 Å². The summed E-state index contributed by atoms with van der Waals surface area (Å²) in [6.45, 7) is 0.207. The SMILES string of the molecule is I.NC(=NCCC(F)(F)F)NCCc1ccccc1. The summed E-state index contributed by atoms with van der Waals surface area (Å²) in [6, 6.07) is 9.72. The number of hydrogen-bond acceptors (Lipinski definition) is 1. The second kappa shape index (κ2) is 9.00. The number of aliphatic imine (C=N–C) groups is 1. The predicted octanol–water partition coefficient (Wildman–Crippen LogP) is 2.70. The molecule has 19 heavy (non-hydrogen) atoms. The smallest absolute Gasteiger partial charge is 0.370 e. The molecule has 108 valence electrons. The van der Waals surface area contributed by atoms with E-state index in [2.05, 4.69) is 10.3 Å². The molecular weight excluding hydrogens is 370 g/mol. The van der Waals surface area contributed by atoms with Crippen molar-refractivity contribution in [3.8, 4) is 0 Å². The number of alkyl halides is 3. The normalized spacial score (nSPS) is 11.8. The lowest BCUT2D eigenvalue weighted by Crippen LogP contribution is -2.33. The third-order valence-corrected chi connectivity index (χ3v) is 2.24. The Morgan fingerprint density at radius 1 is 1.21 bits per heavy atom. The van der Waals surface area contributed by atoms with Gasteiger partial charge in [-0.15, -0.1) is 24.0 Å². The number of guanidine groups is 1. The van der Waals surface area contributed by atoms with Crippen LogP contribution >= 0.6 is 24.0 Å². The summed E-state index contributed by atoms with van der Waals surface area (Å²) >= 11 is 0. The first-order chi connectivity index (χ1) is 8.47. The highest BCUT2D eigenvalue weighted by atomic mass is 127. The van der Waals surface area contributed by atoms with E-state index in [1.807, 2.05) is 30.3 Å². The maximum atomic E-state index is 11.8. The van der Waals surface area contributed by atoms with Gasteiger partial charge < -0.3 is 11.1 Å². The summed E-state index contributed by atoms with van der Waals surface area (Å²) in [5.41, 5.74) is 6.57. The Morgan fingerprint density at radius 3 is 2.42 bits per heavy atom. The molecule has 3 N–H and O–H groups in total. The lowest BCUT2D eigenvalue weighted by atomic mass is 10.1. The molecule has 0 bridgehead atoms. The summed E-state index contributed by atoms with van der Waals surface area (Å²) in [7, 11) is 0. The molecule has 0 aliphatic heterocycles. The van der Waals surface area contributed by atoms with E-state index in [-0.39, 0.29) is 36.5 Å². The fraction of sp³-hybridized carbons (Fsp3) is 0.417. The molecule has 1 aromatic carbocycles. The van der Waals surface area contributed by atoms with Crippen LogP contribution in [0, 0.1) is 0 Å². The Hall–Kier alpha value is -0.990. The summed E-state index contributed by atoms with van der Waals surface area (Å²) in [6.07, 6.45) is -4.39. The van der Waals surface area contributed by atoms with Crippen molar-refractivity contribution >= 4 is 29.9 Å². The lowest BCUT2D eigenvalue weighted by Gasteiger charge is -2.06. The Kier molecular flexibility index (Phi) is 8.53. The molecule has 0 spiro atoms. The van der Waals surface area contributed by atoms with E-state index in [9.17, 15) is 13.2 Å². The monoisotopic (exact) mass is 387 g/mol. The van der Waals surface area contributed by atoms with Crippen LogP contribution in [0.15, 0.2) is 35.3 Å². The molecule has 0 unspecified atom stereocenters. The minimum atomic E-state index is -4.19. The molecule has 0 aliphatic carbocycles. The third-order valence-electron chi connectivity index (χ3n) is 2.24. The van der Waals surface area contributed by atoms with E-state index >= 15 is 0 Å². The molecule has 1 aromatic rings. The summed E-state index contributed by atoms with van der Waals surface area (Å²) in [4.78, 5) is 3.60. The molecule has 0 aliphatic rings. The highest BCUT2D eigenvalue weighted by Gasteiger charge is 2.25. The Morgan fingerprint density at radius 2 is 1.84 bits per heavy atom. The number of benzene rings is 1. The second-order valence-electron chi connectivity index (χ2n) is 3.79. The zero-order valence-electron chi connectivity index (χ0n) is 10.3. The van der Waals surface area contributed by atoms with Gasteiger partial charge in [0.1, 0.15) is 0 Å². The summed E-state index contributed by atoms with van der Waals surface area (Å²) < 4.78 is 35.5. The number of nitrogens with one attached hydrogen (secondary N) is 1. The first-order valence-electron chi connectivity index (χ1n) is 5.62. The van der Waals surface area contributed by atoms with Crippen LogP contribution in [0.5, 0.6) is 0 Å². The fourth-order valence-electron chi connectivity index (χ4n) is 1.34. The lowest BCUT2D eigenvalue weighted by molar-refractivity contribution is -0.132. The largest absolute Gasteiger partial charge is 0.390 e. The molecular formula is C12H17F3IN3. The highest BCUT2D eigenvalue weighted by molar-refractivity contribution is 14.0. The van der Waals surface area contributed by atoms with Crippen LogP contribution in [-0.2, 0) is 6.42 Å². The first-order valence-corrected chi connectivity index (χ1v) is 5.62. The number of hydrogen-bond donors (Lipinski definition) is 2. The molecule has 0 radical (unpaired) electrons. The van der Waals surface area contributed by atoms with Crippen LogP contribution in [0.25, 0.3) is 0 Å². The Balaban J connectivity index is 0.00000324. The quantitative estimate of drug-likeness (QED) is 0.464. The molecule has 0 fully saturated rings. The van der Waals surface area contributed by atoms with Gasteiger partial charge in [0.25, 0.3) is 0 Å². The average molecular weight is 387 g/mol. The van der Waals surface area contributed by atoms with Gasteiger partial charge in [0.2, 0.25) is 0 Å². The highest BCUT2D eigenvalue weighted by Crippen LogP contribution is 2.18. The predicted molar refractivity (Wildman–Crippen MR) is 80.7 cm³/mol. The molecule has 0 saturated heterocycles. The molecule has 0 saturated carbocycles. The van der Waals surface area contributed by atoms with Gasteiger partial charge in [-0.1, -0.05) is 30.3 Å². The van der Waals surface area contributed by atoms with E-state index in [1.54, 1.807) is 0 Å². The maximum Gasteiger partial charge on any atom is 0.390 e. The zero-order chi connectivity index (χ0) is 13.4. The maximum absolute atomic E-state index is 11.8. The van der Waals surface area contributed by atoms with Gasteiger partial charge in [0.05, 0.1) is 13.0 Å². The number of rotatable bonds is 5. The number of nitrogens with zero attached hydrogens (tertiary/aromatic N) is 1. The molecule has 0 amide bonds.